The molecule has 0 radical (unpaired) electrons. The van der Waals surface area contributed by atoms with Crippen molar-refractivity contribution >= 4 is 11.6 Å². The zero-order chi connectivity index (χ0) is 14.4. The molecule has 1 heterocycles. The van der Waals surface area contributed by atoms with Gasteiger partial charge in [-0.3, -0.25) is 16.3 Å². The number of nitrogens with zero attached hydrogens (tertiary/aromatic N) is 1. The predicted molar refractivity (Wildman–Crippen MR) is 83.6 cm³/mol. The van der Waals surface area contributed by atoms with E-state index in [2.05, 4.69) is 22.5 Å². The number of nitrogens with two attached hydrogens (primary N) is 1. The summed E-state index contributed by atoms with van der Waals surface area (Å²) in [5.41, 5.74) is 6.47. The van der Waals surface area contributed by atoms with Crippen LogP contribution in [0.25, 0.3) is 0 Å². The number of aryl methyl sites for hydroxylation is 2. The van der Waals surface area contributed by atoms with Gasteiger partial charge in [-0.15, -0.1) is 0 Å². The zero-order valence-electron chi connectivity index (χ0n) is 11.6. The zero-order valence-corrected chi connectivity index (χ0v) is 12.4. The van der Waals surface area contributed by atoms with E-state index in [1.54, 1.807) is 0 Å². The van der Waals surface area contributed by atoms with Gasteiger partial charge in [0.2, 0.25) is 0 Å². The number of pyridine rings is 1. The van der Waals surface area contributed by atoms with Crippen molar-refractivity contribution in [3.8, 4) is 0 Å². The van der Waals surface area contributed by atoms with Gasteiger partial charge in [-0.1, -0.05) is 23.7 Å². The van der Waals surface area contributed by atoms with E-state index in [1.165, 1.54) is 11.1 Å². The van der Waals surface area contributed by atoms with Gasteiger partial charge >= 0.3 is 0 Å². The van der Waals surface area contributed by atoms with E-state index in [0.29, 0.717) is 0 Å². The highest BCUT2D eigenvalue weighted by Gasteiger charge is 2.10. The molecule has 0 fully saturated rings. The summed E-state index contributed by atoms with van der Waals surface area (Å²) in [4.78, 5) is 4.02. The Morgan fingerprint density at radius 2 is 2.00 bits per heavy atom. The number of benzene rings is 1. The van der Waals surface area contributed by atoms with Gasteiger partial charge in [0.25, 0.3) is 0 Å². The number of hydrogen-bond acceptors (Lipinski definition) is 3. The molecule has 0 spiro atoms. The normalized spacial score (nSPS) is 12.3. The molecule has 0 aliphatic rings. The largest absolute Gasteiger partial charge is 0.271 e. The molecule has 3 nitrogen and oxygen atoms in total. The second-order valence-corrected chi connectivity index (χ2v) is 5.46. The van der Waals surface area contributed by atoms with Crippen LogP contribution in [0.4, 0.5) is 0 Å². The highest BCUT2D eigenvalue weighted by atomic mass is 35.5. The molecule has 3 N–H and O–H groups in total. The Hall–Kier alpha value is -1.42. The highest BCUT2D eigenvalue weighted by Crippen LogP contribution is 2.20. The number of halogens is 1. The number of hydrogen-bond donors (Lipinski definition) is 2. The van der Waals surface area contributed by atoms with Crippen LogP contribution in [0.5, 0.6) is 0 Å². The van der Waals surface area contributed by atoms with Crippen LogP contribution in [0.1, 0.15) is 23.1 Å². The van der Waals surface area contributed by atoms with Crippen LogP contribution in [0.15, 0.2) is 42.7 Å². The lowest BCUT2D eigenvalue weighted by atomic mass is 9.99. The Bertz CT molecular complexity index is 543. The molecule has 106 valence electrons. The molecule has 20 heavy (non-hydrogen) atoms. The van der Waals surface area contributed by atoms with Gasteiger partial charge in [0.05, 0.1) is 0 Å². The second-order valence-electron chi connectivity index (χ2n) is 5.06. The van der Waals surface area contributed by atoms with Crippen molar-refractivity contribution < 1.29 is 0 Å². The lowest BCUT2D eigenvalue weighted by molar-refractivity contribution is 0.491. The molecule has 1 unspecified atom stereocenters. The molecule has 1 aromatic heterocycles. The number of hydrazine groups is 1. The van der Waals surface area contributed by atoms with Crippen LogP contribution in [0.2, 0.25) is 5.02 Å². The fourth-order valence-corrected chi connectivity index (χ4v) is 2.53. The third kappa shape index (κ3) is 4.30. The Labute approximate surface area is 125 Å². The molecule has 0 bridgehead atoms. The van der Waals surface area contributed by atoms with E-state index in [4.69, 9.17) is 17.4 Å². The predicted octanol–water partition coefficient (Wildman–Crippen LogP) is 3.05. The third-order valence-corrected chi connectivity index (χ3v) is 3.79. The van der Waals surface area contributed by atoms with Gasteiger partial charge in [-0.25, -0.2) is 0 Å². The fraction of sp³-hybridized carbons (Fsp3) is 0.312. The van der Waals surface area contributed by atoms with Crippen molar-refractivity contribution in [2.45, 2.75) is 32.2 Å². The van der Waals surface area contributed by atoms with Crippen molar-refractivity contribution in [3.63, 3.8) is 0 Å². The van der Waals surface area contributed by atoms with Gasteiger partial charge in [0.15, 0.2) is 0 Å². The first kappa shape index (κ1) is 15.0. The third-order valence-electron chi connectivity index (χ3n) is 3.44. The molecule has 2 rings (SSSR count). The van der Waals surface area contributed by atoms with Crippen molar-refractivity contribution in [2.24, 2.45) is 5.84 Å². The molecule has 4 heteroatoms. The molecule has 1 aromatic carbocycles. The van der Waals surface area contributed by atoms with Crippen molar-refractivity contribution in [1.29, 1.82) is 0 Å². The molecule has 0 aliphatic heterocycles. The molecule has 0 saturated carbocycles. The van der Waals surface area contributed by atoms with Crippen molar-refractivity contribution in [3.05, 3.63) is 64.4 Å². The van der Waals surface area contributed by atoms with E-state index in [0.717, 1.165) is 29.8 Å². The summed E-state index contributed by atoms with van der Waals surface area (Å²) >= 11 is 6.27. The van der Waals surface area contributed by atoms with Crippen molar-refractivity contribution in [1.82, 2.24) is 10.4 Å². The second kappa shape index (κ2) is 7.39. The molecule has 0 aliphatic carbocycles. The molecule has 2 aromatic rings. The monoisotopic (exact) mass is 289 g/mol. The average Bonchev–Trinajstić information content (AvgIpc) is 2.46. The first-order valence-electron chi connectivity index (χ1n) is 6.79. The summed E-state index contributed by atoms with van der Waals surface area (Å²) in [6, 6.07) is 10.4. The van der Waals surface area contributed by atoms with E-state index < -0.39 is 0 Å². The molecule has 0 amide bonds. The lowest BCUT2D eigenvalue weighted by Gasteiger charge is -2.17. The fourth-order valence-electron chi connectivity index (χ4n) is 2.22. The minimum absolute atomic E-state index is 0.211. The van der Waals surface area contributed by atoms with Gasteiger partial charge in [0, 0.05) is 23.5 Å². The van der Waals surface area contributed by atoms with E-state index in [1.807, 2.05) is 37.5 Å². The molecule has 0 saturated heterocycles. The minimum atomic E-state index is 0.211. The molecular formula is C16H20ClN3. The molecule has 1 atom stereocenters. The standard InChI is InChI=1S/C16H20ClN3/c1-12-2-4-14(16(17)10-12)11-15(20-18)5-3-13-6-8-19-9-7-13/h2,4,6-10,15,20H,3,5,11,18H2,1H3. The smallest absolute Gasteiger partial charge is 0.0441 e. The highest BCUT2D eigenvalue weighted by molar-refractivity contribution is 6.31. The Morgan fingerprint density at radius 3 is 2.65 bits per heavy atom. The summed E-state index contributed by atoms with van der Waals surface area (Å²) in [5, 5.41) is 0.814. The van der Waals surface area contributed by atoms with E-state index >= 15 is 0 Å². The quantitative estimate of drug-likeness (QED) is 0.635. The maximum atomic E-state index is 6.27. The van der Waals surface area contributed by atoms with E-state index in [-0.39, 0.29) is 6.04 Å². The Balaban J connectivity index is 1.95. The van der Waals surface area contributed by atoms with E-state index in [9.17, 15) is 0 Å². The van der Waals surface area contributed by atoms with Gasteiger partial charge in [0.1, 0.15) is 0 Å². The maximum Gasteiger partial charge on any atom is 0.0441 e. The van der Waals surface area contributed by atoms with Crippen LogP contribution >= 0.6 is 11.6 Å². The average molecular weight is 290 g/mol. The Kier molecular flexibility index (Phi) is 5.53. The van der Waals surface area contributed by atoms with Gasteiger partial charge < -0.3 is 0 Å². The summed E-state index contributed by atoms with van der Waals surface area (Å²) in [6.07, 6.45) is 6.40. The Morgan fingerprint density at radius 1 is 1.25 bits per heavy atom. The van der Waals surface area contributed by atoms with Gasteiger partial charge in [-0.05, 0) is 61.1 Å². The number of rotatable bonds is 6. The molecular weight excluding hydrogens is 270 g/mol. The number of aromatic nitrogens is 1. The van der Waals surface area contributed by atoms with Crippen LogP contribution in [-0.4, -0.2) is 11.0 Å². The van der Waals surface area contributed by atoms with Crippen LogP contribution in [0.3, 0.4) is 0 Å². The first-order chi connectivity index (χ1) is 9.69. The lowest BCUT2D eigenvalue weighted by Crippen LogP contribution is -2.37. The maximum absolute atomic E-state index is 6.27. The van der Waals surface area contributed by atoms with Crippen LogP contribution < -0.4 is 11.3 Å². The summed E-state index contributed by atoms with van der Waals surface area (Å²) in [6.45, 7) is 2.04. The first-order valence-corrected chi connectivity index (χ1v) is 7.17. The topological polar surface area (TPSA) is 50.9 Å². The number of nitrogens with one attached hydrogen (secondary N) is 1. The summed E-state index contributed by atoms with van der Waals surface area (Å²) in [7, 11) is 0. The van der Waals surface area contributed by atoms with Crippen LogP contribution in [0, 0.1) is 6.92 Å². The van der Waals surface area contributed by atoms with Crippen LogP contribution in [-0.2, 0) is 12.8 Å². The minimum Gasteiger partial charge on any atom is -0.271 e. The summed E-state index contributed by atoms with van der Waals surface area (Å²) < 4.78 is 0. The summed E-state index contributed by atoms with van der Waals surface area (Å²) in [5.74, 6) is 5.66. The van der Waals surface area contributed by atoms with Crippen molar-refractivity contribution in [2.75, 3.05) is 0 Å². The SMILES string of the molecule is Cc1ccc(CC(CCc2ccncc2)NN)c(Cl)c1. The van der Waals surface area contributed by atoms with Gasteiger partial charge in [-0.2, -0.15) is 0 Å².